The van der Waals surface area contributed by atoms with Crippen LogP contribution >= 0.6 is 0 Å². The summed E-state index contributed by atoms with van der Waals surface area (Å²) in [6, 6.07) is 10.8. The molecule has 1 aromatic carbocycles. The van der Waals surface area contributed by atoms with E-state index in [9.17, 15) is 9.59 Å². The molecule has 3 N–H and O–H groups in total. The lowest BCUT2D eigenvalue weighted by Crippen LogP contribution is -2.56. The summed E-state index contributed by atoms with van der Waals surface area (Å²) < 4.78 is 5.25. The van der Waals surface area contributed by atoms with E-state index in [1.54, 1.807) is 18.4 Å². The molecule has 0 bridgehead atoms. The molecule has 3 rings (SSSR count). The zero-order chi connectivity index (χ0) is 19.2. The van der Waals surface area contributed by atoms with Crippen LogP contribution in [-0.4, -0.2) is 23.9 Å². The Morgan fingerprint density at radius 3 is 2.70 bits per heavy atom. The van der Waals surface area contributed by atoms with Crippen molar-refractivity contribution in [3.05, 3.63) is 59.5 Å². The lowest BCUT2D eigenvalue weighted by molar-refractivity contribution is -0.131. The van der Waals surface area contributed by atoms with Crippen LogP contribution in [-0.2, 0) is 29.1 Å². The number of hydrogen-bond donors (Lipinski definition) is 3. The van der Waals surface area contributed by atoms with Crippen LogP contribution in [0.4, 0.5) is 0 Å². The summed E-state index contributed by atoms with van der Waals surface area (Å²) in [5.41, 5.74) is 2.40. The van der Waals surface area contributed by atoms with Crippen LogP contribution in [0.2, 0.25) is 0 Å². The number of fused-ring (bicyclic) bond motifs is 1. The minimum absolute atomic E-state index is 0.0291. The number of furan rings is 1. The van der Waals surface area contributed by atoms with Crippen molar-refractivity contribution in [3.8, 4) is 0 Å². The SMILES string of the molecule is CCC(C)C(NC(=O)C1Cc2ccccc2CN1)C(=O)NCc1ccco1. The molecular formula is C21H27N3O3. The second-order valence-corrected chi connectivity index (χ2v) is 7.08. The van der Waals surface area contributed by atoms with Crippen LogP contribution in [0.25, 0.3) is 0 Å². The minimum Gasteiger partial charge on any atom is -0.467 e. The minimum atomic E-state index is -0.573. The first kappa shape index (κ1) is 19.2. The molecular weight excluding hydrogens is 342 g/mol. The molecule has 1 aliphatic heterocycles. The number of nitrogens with one attached hydrogen (secondary N) is 3. The number of carbonyl (C=O) groups is 2. The van der Waals surface area contributed by atoms with E-state index in [1.807, 2.05) is 26.0 Å². The van der Waals surface area contributed by atoms with Gasteiger partial charge in [0, 0.05) is 6.54 Å². The Labute approximate surface area is 159 Å². The van der Waals surface area contributed by atoms with Gasteiger partial charge in [-0.25, -0.2) is 0 Å². The Morgan fingerprint density at radius 1 is 1.22 bits per heavy atom. The van der Waals surface area contributed by atoms with Crippen LogP contribution in [0, 0.1) is 5.92 Å². The van der Waals surface area contributed by atoms with Crippen LogP contribution in [0.1, 0.15) is 37.2 Å². The molecule has 0 aliphatic carbocycles. The quantitative estimate of drug-likeness (QED) is 0.698. The normalized spacial score (nSPS) is 18.2. The summed E-state index contributed by atoms with van der Waals surface area (Å²) in [5, 5.41) is 9.08. The standard InChI is InChI=1S/C21H27N3O3/c1-3-14(2)19(21(26)23-13-17-9-6-10-27-17)24-20(25)18-11-15-7-4-5-8-16(15)12-22-18/h4-10,14,18-19,22H,3,11-13H2,1-2H3,(H,23,26)(H,24,25). The Bertz CT molecular complexity index is 773. The molecule has 1 aliphatic rings. The highest BCUT2D eigenvalue weighted by atomic mass is 16.3. The van der Waals surface area contributed by atoms with Crippen LogP contribution < -0.4 is 16.0 Å². The van der Waals surface area contributed by atoms with E-state index in [-0.39, 0.29) is 23.8 Å². The van der Waals surface area contributed by atoms with Crippen LogP contribution in [0.15, 0.2) is 47.1 Å². The molecule has 3 unspecified atom stereocenters. The summed E-state index contributed by atoms with van der Waals surface area (Å²) >= 11 is 0. The van der Waals surface area contributed by atoms with Gasteiger partial charge in [0.2, 0.25) is 11.8 Å². The predicted octanol–water partition coefficient (Wildman–Crippen LogP) is 2.14. The fourth-order valence-corrected chi connectivity index (χ4v) is 3.29. The van der Waals surface area contributed by atoms with Gasteiger partial charge in [0.05, 0.1) is 18.8 Å². The molecule has 2 amide bonds. The predicted molar refractivity (Wildman–Crippen MR) is 103 cm³/mol. The summed E-state index contributed by atoms with van der Waals surface area (Å²) in [7, 11) is 0. The fourth-order valence-electron chi connectivity index (χ4n) is 3.29. The Hall–Kier alpha value is -2.60. The molecule has 2 aromatic rings. The lowest BCUT2D eigenvalue weighted by Gasteiger charge is -2.29. The van der Waals surface area contributed by atoms with Crippen LogP contribution in [0.3, 0.4) is 0 Å². The molecule has 3 atom stereocenters. The van der Waals surface area contributed by atoms with Gasteiger partial charge in [0.25, 0.3) is 0 Å². The summed E-state index contributed by atoms with van der Waals surface area (Å²) in [6.45, 7) is 4.95. The zero-order valence-corrected chi connectivity index (χ0v) is 15.8. The van der Waals surface area contributed by atoms with Gasteiger partial charge < -0.3 is 20.4 Å². The summed E-state index contributed by atoms with van der Waals surface area (Å²) in [4.78, 5) is 25.5. The van der Waals surface area contributed by atoms with E-state index < -0.39 is 6.04 Å². The molecule has 0 spiro atoms. The van der Waals surface area contributed by atoms with Gasteiger partial charge in [-0.15, -0.1) is 0 Å². The Morgan fingerprint density at radius 2 is 2.00 bits per heavy atom. The first-order valence-corrected chi connectivity index (χ1v) is 9.49. The van der Waals surface area contributed by atoms with Crippen molar-refractivity contribution in [2.45, 2.75) is 51.9 Å². The second-order valence-electron chi connectivity index (χ2n) is 7.08. The molecule has 144 valence electrons. The highest BCUT2D eigenvalue weighted by Gasteiger charge is 2.30. The lowest BCUT2D eigenvalue weighted by atomic mass is 9.94. The van der Waals surface area contributed by atoms with E-state index in [4.69, 9.17) is 4.42 Å². The van der Waals surface area contributed by atoms with Gasteiger partial charge in [-0.2, -0.15) is 0 Å². The van der Waals surface area contributed by atoms with Gasteiger partial charge in [-0.05, 0) is 35.6 Å². The highest BCUT2D eigenvalue weighted by Crippen LogP contribution is 2.17. The molecule has 6 nitrogen and oxygen atoms in total. The Kier molecular flexibility index (Phi) is 6.29. The fraction of sp³-hybridized carbons (Fsp3) is 0.429. The number of carbonyl (C=O) groups excluding carboxylic acids is 2. The van der Waals surface area contributed by atoms with E-state index in [0.717, 1.165) is 6.42 Å². The maximum Gasteiger partial charge on any atom is 0.243 e. The molecule has 6 heteroatoms. The second kappa shape index (κ2) is 8.86. The first-order chi connectivity index (χ1) is 13.1. The highest BCUT2D eigenvalue weighted by molar-refractivity contribution is 5.90. The van der Waals surface area contributed by atoms with Crippen molar-refractivity contribution >= 4 is 11.8 Å². The monoisotopic (exact) mass is 369 g/mol. The Balaban J connectivity index is 1.62. The van der Waals surface area contributed by atoms with Gasteiger partial charge in [0.1, 0.15) is 11.8 Å². The number of hydrogen-bond acceptors (Lipinski definition) is 4. The van der Waals surface area contributed by atoms with Crippen molar-refractivity contribution in [2.24, 2.45) is 5.92 Å². The van der Waals surface area contributed by atoms with Crippen molar-refractivity contribution < 1.29 is 14.0 Å². The van der Waals surface area contributed by atoms with E-state index in [0.29, 0.717) is 25.3 Å². The molecule has 0 saturated carbocycles. The molecule has 0 fully saturated rings. The summed E-state index contributed by atoms with van der Waals surface area (Å²) in [5.74, 6) is 0.387. The van der Waals surface area contributed by atoms with Crippen molar-refractivity contribution in [2.75, 3.05) is 0 Å². The van der Waals surface area contributed by atoms with E-state index in [1.165, 1.54) is 11.1 Å². The van der Waals surface area contributed by atoms with Gasteiger partial charge >= 0.3 is 0 Å². The molecule has 1 aromatic heterocycles. The van der Waals surface area contributed by atoms with Crippen molar-refractivity contribution in [3.63, 3.8) is 0 Å². The number of amides is 2. The van der Waals surface area contributed by atoms with Gasteiger partial charge in [0.15, 0.2) is 0 Å². The average Bonchev–Trinajstić information content (AvgIpc) is 3.22. The van der Waals surface area contributed by atoms with Crippen molar-refractivity contribution in [1.82, 2.24) is 16.0 Å². The van der Waals surface area contributed by atoms with Crippen molar-refractivity contribution in [1.29, 1.82) is 0 Å². The van der Waals surface area contributed by atoms with E-state index in [2.05, 4.69) is 28.1 Å². The molecule has 0 saturated heterocycles. The number of benzene rings is 1. The largest absolute Gasteiger partial charge is 0.467 e. The smallest absolute Gasteiger partial charge is 0.243 e. The topological polar surface area (TPSA) is 83.4 Å². The van der Waals surface area contributed by atoms with E-state index >= 15 is 0 Å². The van der Waals surface area contributed by atoms with Gasteiger partial charge in [-0.1, -0.05) is 44.5 Å². The maximum atomic E-state index is 12.8. The molecule has 0 radical (unpaired) electrons. The molecule has 27 heavy (non-hydrogen) atoms. The van der Waals surface area contributed by atoms with Crippen LogP contribution in [0.5, 0.6) is 0 Å². The first-order valence-electron chi connectivity index (χ1n) is 9.49. The third kappa shape index (κ3) is 4.77. The molecule has 2 heterocycles. The number of rotatable bonds is 7. The summed E-state index contributed by atoms with van der Waals surface area (Å²) in [6.07, 6.45) is 2.99. The van der Waals surface area contributed by atoms with Gasteiger partial charge in [-0.3, -0.25) is 9.59 Å². The zero-order valence-electron chi connectivity index (χ0n) is 15.8. The average molecular weight is 369 g/mol. The maximum absolute atomic E-state index is 12.8. The third-order valence-corrected chi connectivity index (χ3v) is 5.21. The third-order valence-electron chi connectivity index (χ3n) is 5.21.